The third-order valence-electron chi connectivity index (χ3n) is 2.94. The van der Waals surface area contributed by atoms with E-state index in [-0.39, 0.29) is 21.4 Å². The van der Waals surface area contributed by atoms with E-state index in [1.807, 2.05) is 30.3 Å². The average molecular weight is 274 g/mol. The molecule has 1 aromatic heterocycles. The highest BCUT2D eigenvalue weighted by Gasteiger charge is 2.09. The number of rotatable bonds is 1. The van der Waals surface area contributed by atoms with Crippen molar-refractivity contribution in [1.29, 1.82) is 0 Å². The first-order valence-corrected chi connectivity index (χ1v) is 6.10. The number of aromatic amines is 1. The molecule has 0 aliphatic heterocycles. The number of nitrogens with one attached hydrogen (secondary N) is 1. The predicted octanol–water partition coefficient (Wildman–Crippen LogP) is 3.99. The number of pyridine rings is 1. The van der Waals surface area contributed by atoms with Gasteiger partial charge in [0.15, 0.2) is 5.43 Å². The summed E-state index contributed by atoms with van der Waals surface area (Å²) in [7, 11) is 0. The summed E-state index contributed by atoms with van der Waals surface area (Å²) >= 11 is 5.76. The minimum atomic E-state index is -0.530. The van der Waals surface area contributed by atoms with Crippen LogP contribution in [0.2, 0.25) is 5.02 Å². The van der Waals surface area contributed by atoms with Gasteiger partial charge in [-0.2, -0.15) is 0 Å². The van der Waals surface area contributed by atoms with E-state index < -0.39 is 5.82 Å². The molecule has 2 aromatic carbocycles. The summed E-state index contributed by atoms with van der Waals surface area (Å²) in [5, 5.41) is 0.465. The van der Waals surface area contributed by atoms with Crippen LogP contribution in [0.4, 0.5) is 4.39 Å². The highest BCUT2D eigenvalue weighted by Crippen LogP contribution is 2.22. The third kappa shape index (κ3) is 2.13. The Balaban J connectivity index is 2.34. The Labute approximate surface area is 113 Å². The predicted molar refractivity (Wildman–Crippen MR) is 75.0 cm³/mol. The van der Waals surface area contributed by atoms with Crippen molar-refractivity contribution < 1.29 is 4.39 Å². The molecular weight excluding hydrogens is 265 g/mol. The van der Waals surface area contributed by atoms with Crippen molar-refractivity contribution in [1.82, 2.24) is 4.98 Å². The molecule has 0 unspecified atom stereocenters. The smallest absolute Gasteiger partial charge is 0.190 e. The van der Waals surface area contributed by atoms with E-state index in [1.54, 1.807) is 0 Å². The molecule has 94 valence electrons. The molecule has 3 rings (SSSR count). The maximum absolute atomic E-state index is 13.9. The molecular formula is C15H9ClFNO. The number of benzene rings is 2. The normalized spacial score (nSPS) is 10.8. The number of aromatic nitrogens is 1. The van der Waals surface area contributed by atoms with E-state index in [0.717, 1.165) is 5.56 Å². The van der Waals surface area contributed by atoms with Crippen LogP contribution in [0.25, 0.3) is 22.2 Å². The van der Waals surface area contributed by atoms with Gasteiger partial charge >= 0.3 is 0 Å². The fraction of sp³-hybridized carbons (Fsp3) is 0. The van der Waals surface area contributed by atoms with Crippen molar-refractivity contribution in [3.05, 3.63) is 69.6 Å². The molecule has 0 amide bonds. The van der Waals surface area contributed by atoms with Gasteiger partial charge in [0, 0.05) is 22.2 Å². The zero-order valence-electron chi connectivity index (χ0n) is 9.78. The van der Waals surface area contributed by atoms with Gasteiger partial charge in [0.05, 0.1) is 5.52 Å². The minimum Gasteiger partial charge on any atom is -0.352 e. The summed E-state index contributed by atoms with van der Waals surface area (Å²) in [6, 6.07) is 13.4. The van der Waals surface area contributed by atoms with Crippen molar-refractivity contribution >= 4 is 22.5 Å². The SMILES string of the molecule is O=c1cc(-c2ccccc2)[nH]c2c(F)cc(Cl)cc12. The van der Waals surface area contributed by atoms with Crippen molar-refractivity contribution in [2.45, 2.75) is 0 Å². The lowest BCUT2D eigenvalue weighted by molar-refractivity contribution is 0.637. The highest BCUT2D eigenvalue weighted by atomic mass is 35.5. The second-order valence-electron chi connectivity index (χ2n) is 4.22. The van der Waals surface area contributed by atoms with Crippen LogP contribution in [-0.4, -0.2) is 4.98 Å². The zero-order valence-corrected chi connectivity index (χ0v) is 10.5. The number of fused-ring (bicyclic) bond motifs is 1. The summed E-state index contributed by atoms with van der Waals surface area (Å²) in [4.78, 5) is 15.0. The van der Waals surface area contributed by atoms with Crippen molar-refractivity contribution in [2.75, 3.05) is 0 Å². The molecule has 1 heterocycles. The number of H-pyrrole nitrogens is 1. The largest absolute Gasteiger partial charge is 0.352 e. The fourth-order valence-electron chi connectivity index (χ4n) is 2.05. The van der Waals surface area contributed by atoms with Crippen LogP contribution in [0.15, 0.2) is 53.3 Å². The quantitative estimate of drug-likeness (QED) is 0.714. The number of halogens is 2. The molecule has 0 aliphatic rings. The molecule has 0 bridgehead atoms. The van der Waals surface area contributed by atoms with Gasteiger partial charge in [-0.05, 0) is 17.7 Å². The molecule has 19 heavy (non-hydrogen) atoms. The molecule has 0 saturated heterocycles. The molecule has 0 spiro atoms. The van der Waals surface area contributed by atoms with E-state index >= 15 is 0 Å². The Bertz CT molecular complexity index is 811. The molecule has 0 fully saturated rings. The average Bonchev–Trinajstić information content (AvgIpc) is 2.41. The lowest BCUT2D eigenvalue weighted by Gasteiger charge is -2.05. The van der Waals surface area contributed by atoms with Crippen LogP contribution in [0.3, 0.4) is 0 Å². The first-order valence-electron chi connectivity index (χ1n) is 5.72. The lowest BCUT2D eigenvalue weighted by atomic mass is 10.1. The molecule has 4 heteroatoms. The second kappa shape index (κ2) is 4.52. The summed E-state index contributed by atoms with van der Waals surface area (Å²) in [6.07, 6.45) is 0. The van der Waals surface area contributed by atoms with Crippen LogP contribution in [-0.2, 0) is 0 Å². The Morgan fingerprint density at radius 2 is 1.79 bits per heavy atom. The topological polar surface area (TPSA) is 32.9 Å². The molecule has 0 atom stereocenters. The maximum atomic E-state index is 13.9. The van der Waals surface area contributed by atoms with Crippen molar-refractivity contribution in [2.24, 2.45) is 0 Å². The van der Waals surface area contributed by atoms with E-state index in [2.05, 4.69) is 4.98 Å². The number of hydrogen-bond donors (Lipinski definition) is 1. The van der Waals surface area contributed by atoms with Crippen LogP contribution in [0, 0.1) is 5.82 Å². The molecule has 1 N–H and O–H groups in total. The first-order chi connectivity index (χ1) is 9.15. The Hall–Kier alpha value is -2.13. The molecule has 0 radical (unpaired) electrons. The molecule has 0 saturated carbocycles. The van der Waals surface area contributed by atoms with E-state index in [1.165, 1.54) is 18.2 Å². The summed E-state index contributed by atoms with van der Waals surface area (Å²) in [5.74, 6) is -0.530. The number of hydrogen-bond acceptors (Lipinski definition) is 1. The summed E-state index contributed by atoms with van der Waals surface area (Å²) in [5.41, 5.74) is 1.33. The van der Waals surface area contributed by atoms with Crippen molar-refractivity contribution in [3.8, 4) is 11.3 Å². The van der Waals surface area contributed by atoms with Gasteiger partial charge in [0.1, 0.15) is 5.82 Å². The van der Waals surface area contributed by atoms with E-state index in [4.69, 9.17) is 11.6 Å². The third-order valence-corrected chi connectivity index (χ3v) is 3.16. The Kier molecular flexibility index (Phi) is 2.84. The lowest BCUT2D eigenvalue weighted by Crippen LogP contribution is -2.04. The highest BCUT2D eigenvalue weighted by molar-refractivity contribution is 6.31. The van der Waals surface area contributed by atoms with Gasteiger partial charge in [0.25, 0.3) is 0 Å². The van der Waals surface area contributed by atoms with E-state index in [9.17, 15) is 9.18 Å². The van der Waals surface area contributed by atoms with Crippen LogP contribution >= 0.6 is 11.6 Å². The standard InChI is InChI=1S/C15H9ClFNO/c16-10-6-11-14(19)8-13(9-4-2-1-3-5-9)18-15(11)12(17)7-10/h1-8H,(H,18,19). The van der Waals surface area contributed by atoms with Crippen LogP contribution in [0.1, 0.15) is 0 Å². The fourth-order valence-corrected chi connectivity index (χ4v) is 2.25. The Morgan fingerprint density at radius 3 is 2.53 bits per heavy atom. The monoisotopic (exact) mass is 273 g/mol. The molecule has 2 nitrogen and oxygen atoms in total. The van der Waals surface area contributed by atoms with Gasteiger partial charge in [0.2, 0.25) is 0 Å². The summed E-state index contributed by atoms with van der Waals surface area (Å²) < 4.78 is 13.9. The maximum Gasteiger partial charge on any atom is 0.190 e. The van der Waals surface area contributed by atoms with E-state index in [0.29, 0.717) is 5.69 Å². The Morgan fingerprint density at radius 1 is 1.05 bits per heavy atom. The second-order valence-corrected chi connectivity index (χ2v) is 4.66. The van der Waals surface area contributed by atoms with Gasteiger partial charge in [-0.3, -0.25) is 4.79 Å². The van der Waals surface area contributed by atoms with Crippen LogP contribution in [0.5, 0.6) is 0 Å². The van der Waals surface area contributed by atoms with Gasteiger partial charge < -0.3 is 4.98 Å². The molecule has 3 aromatic rings. The van der Waals surface area contributed by atoms with Gasteiger partial charge in [-0.15, -0.1) is 0 Å². The molecule has 0 aliphatic carbocycles. The van der Waals surface area contributed by atoms with Gasteiger partial charge in [-0.1, -0.05) is 41.9 Å². The van der Waals surface area contributed by atoms with Crippen LogP contribution < -0.4 is 5.43 Å². The summed E-state index contributed by atoms with van der Waals surface area (Å²) in [6.45, 7) is 0. The van der Waals surface area contributed by atoms with Gasteiger partial charge in [-0.25, -0.2) is 4.39 Å². The zero-order chi connectivity index (χ0) is 13.4. The van der Waals surface area contributed by atoms with Crippen molar-refractivity contribution in [3.63, 3.8) is 0 Å². The minimum absolute atomic E-state index is 0.177. The first kappa shape index (κ1) is 11.9.